The fraction of sp³-hybridized carbons (Fsp3) is 0.706. The molecule has 21 heavy (non-hydrogen) atoms. The van der Waals surface area contributed by atoms with Crippen molar-refractivity contribution < 1.29 is 4.74 Å². The van der Waals surface area contributed by atoms with E-state index >= 15 is 0 Å². The smallest absolute Gasteiger partial charge is 0.0777 e. The van der Waals surface area contributed by atoms with Gasteiger partial charge in [-0.3, -0.25) is 9.88 Å². The first-order valence-electron chi connectivity index (χ1n) is 8.13. The zero-order valence-corrected chi connectivity index (χ0v) is 13.3. The first kappa shape index (κ1) is 14.9. The Kier molecular flexibility index (Phi) is 4.57. The van der Waals surface area contributed by atoms with Gasteiger partial charge in [-0.1, -0.05) is 6.07 Å². The molecule has 1 N–H and O–H groups in total. The number of pyridine rings is 1. The van der Waals surface area contributed by atoms with Crippen LogP contribution in [0.1, 0.15) is 44.0 Å². The van der Waals surface area contributed by atoms with E-state index in [1.54, 1.807) is 0 Å². The summed E-state index contributed by atoms with van der Waals surface area (Å²) >= 11 is 0. The van der Waals surface area contributed by atoms with E-state index in [9.17, 15) is 0 Å². The van der Waals surface area contributed by atoms with Crippen LogP contribution in [-0.2, 0) is 17.8 Å². The van der Waals surface area contributed by atoms with Gasteiger partial charge in [0.1, 0.15) is 0 Å². The van der Waals surface area contributed by atoms with Gasteiger partial charge in [0.05, 0.1) is 17.0 Å². The van der Waals surface area contributed by atoms with Gasteiger partial charge in [-0.05, 0) is 51.3 Å². The molecule has 1 saturated carbocycles. The van der Waals surface area contributed by atoms with Crippen LogP contribution < -0.4 is 5.32 Å². The van der Waals surface area contributed by atoms with Crippen LogP contribution in [-0.4, -0.2) is 41.7 Å². The summed E-state index contributed by atoms with van der Waals surface area (Å²) in [6.07, 6.45) is 5.00. The quantitative estimate of drug-likeness (QED) is 0.872. The Morgan fingerprint density at radius 3 is 2.95 bits per heavy atom. The van der Waals surface area contributed by atoms with Crippen LogP contribution in [0, 0.1) is 0 Å². The summed E-state index contributed by atoms with van der Waals surface area (Å²) < 4.78 is 5.67. The fourth-order valence-electron chi connectivity index (χ4n) is 3.09. The summed E-state index contributed by atoms with van der Waals surface area (Å²) in [7, 11) is 1.83. The van der Waals surface area contributed by atoms with Gasteiger partial charge >= 0.3 is 0 Å². The molecule has 0 aromatic carbocycles. The van der Waals surface area contributed by atoms with Gasteiger partial charge in [-0.25, -0.2) is 0 Å². The molecule has 1 aromatic rings. The van der Waals surface area contributed by atoms with E-state index in [1.807, 2.05) is 7.11 Å². The molecular weight excluding hydrogens is 262 g/mol. The molecule has 2 fully saturated rings. The highest BCUT2D eigenvalue weighted by Crippen LogP contribution is 2.24. The highest BCUT2D eigenvalue weighted by atomic mass is 16.5. The number of piperidine rings is 1. The standard InChI is InChI=1S/C17H27N3O/c1-17(21-2)9-4-10-20(13-17)12-16-6-3-5-15(19-16)11-18-14-7-8-14/h3,5-6,14,18H,4,7-13H2,1-2H3. The van der Waals surface area contributed by atoms with Crippen molar-refractivity contribution in [3.63, 3.8) is 0 Å². The van der Waals surface area contributed by atoms with Gasteiger partial charge in [0, 0.05) is 32.8 Å². The van der Waals surface area contributed by atoms with Crippen molar-refractivity contribution in [2.45, 2.75) is 57.3 Å². The Morgan fingerprint density at radius 1 is 1.38 bits per heavy atom. The van der Waals surface area contributed by atoms with E-state index in [4.69, 9.17) is 9.72 Å². The zero-order chi connectivity index (χ0) is 14.7. The molecule has 0 radical (unpaired) electrons. The number of likely N-dealkylation sites (tertiary alicyclic amines) is 1. The number of rotatable bonds is 6. The summed E-state index contributed by atoms with van der Waals surface area (Å²) in [6.45, 7) is 6.17. The van der Waals surface area contributed by atoms with Gasteiger partial charge in [0.15, 0.2) is 0 Å². The van der Waals surface area contributed by atoms with E-state index in [0.29, 0.717) is 0 Å². The van der Waals surface area contributed by atoms with Crippen LogP contribution in [0.25, 0.3) is 0 Å². The van der Waals surface area contributed by atoms with Crippen LogP contribution in [0.4, 0.5) is 0 Å². The normalized spacial score (nSPS) is 27.0. The molecule has 116 valence electrons. The van der Waals surface area contributed by atoms with Gasteiger partial charge in [-0.2, -0.15) is 0 Å². The van der Waals surface area contributed by atoms with Crippen molar-refractivity contribution in [1.82, 2.24) is 15.2 Å². The molecule has 4 nitrogen and oxygen atoms in total. The minimum absolute atomic E-state index is 0.00336. The predicted octanol–water partition coefficient (Wildman–Crippen LogP) is 2.33. The van der Waals surface area contributed by atoms with Crippen molar-refractivity contribution in [3.05, 3.63) is 29.6 Å². The van der Waals surface area contributed by atoms with Gasteiger partial charge in [0.25, 0.3) is 0 Å². The van der Waals surface area contributed by atoms with E-state index in [-0.39, 0.29) is 5.60 Å². The number of hydrogen-bond donors (Lipinski definition) is 1. The molecule has 0 bridgehead atoms. The van der Waals surface area contributed by atoms with Crippen molar-refractivity contribution in [2.24, 2.45) is 0 Å². The second-order valence-corrected chi connectivity index (χ2v) is 6.74. The Morgan fingerprint density at radius 2 is 2.19 bits per heavy atom. The lowest BCUT2D eigenvalue weighted by Crippen LogP contribution is -2.46. The van der Waals surface area contributed by atoms with Crippen molar-refractivity contribution in [3.8, 4) is 0 Å². The molecule has 4 heteroatoms. The van der Waals surface area contributed by atoms with E-state index in [1.165, 1.54) is 25.0 Å². The molecule has 0 amide bonds. The maximum Gasteiger partial charge on any atom is 0.0777 e. The Balaban J connectivity index is 1.57. The van der Waals surface area contributed by atoms with Gasteiger partial charge in [0.2, 0.25) is 0 Å². The molecule has 1 unspecified atom stereocenters. The second-order valence-electron chi connectivity index (χ2n) is 6.74. The number of nitrogens with zero attached hydrogens (tertiary/aromatic N) is 2. The molecule has 1 saturated heterocycles. The molecule has 1 atom stereocenters. The summed E-state index contributed by atoms with van der Waals surface area (Å²) in [5, 5.41) is 3.53. The maximum atomic E-state index is 5.67. The molecular formula is C17H27N3O. The topological polar surface area (TPSA) is 37.4 Å². The van der Waals surface area contributed by atoms with Crippen molar-refractivity contribution >= 4 is 0 Å². The number of nitrogens with one attached hydrogen (secondary N) is 1. The number of aromatic nitrogens is 1. The molecule has 0 spiro atoms. The SMILES string of the molecule is COC1(C)CCCN(Cc2cccc(CNC3CC3)n2)C1. The minimum atomic E-state index is 0.00336. The van der Waals surface area contributed by atoms with Gasteiger partial charge < -0.3 is 10.1 Å². The summed E-state index contributed by atoms with van der Waals surface area (Å²) in [5.41, 5.74) is 2.33. The third kappa shape index (κ3) is 4.25. The minimum Gasteiger partial charge on any atom is -0.377 e. The monoisotopic (exact) mass is 289 g/mol. The first-order chi connectivity index (χ1) is 10.2. The molecule has 1 aromatic heterocycles. The average molecular weight is 289 g/mol. The van der Waals surface area contributed by atoms with E-state index in [0.717, 1.165) is 44.3 Å². The predicted molar refractivity (Wildman–Crippen MR) is 84.0 cm³/mol. The highest BCUT2D eigenvalue weighted by Gasteiger charge is 2.30. The first-order valence-corrected chi connectivity index (χ1v) is 8.13. The third-order valence-electron chi connectivity index (χ3n) is 4.63. The lowest BCUT2D eigenvalue weighted by molar-refractivity contribution is -0.0529. The second kappa shape index (κ2) is 6.42. The third-order valence-corrected chi connectivity index (χ3v) is 4.63. The van der Waals surface area contributed by atoms with Gasteiger partial charge in [-0.15, -0.1) is 0 Å². The van der Waals surface area contributed by atoms with Crippen molar-refractivity contribution in [1.29, 1.82) is 0 Å². The fourth-order valence-corrected chi connectivity index (χ4v) is 3.09. The Bertz CT molecular complexity index is 475. The molecule has 2 aliphatic rings. The average Bonchev–Trinajstić information content (AvgIpc) is 3.30. The Labute approximate surface area is 127 Å². The lowest BCUT2D eigenvalue weighted by Gasteiger charge is -2.39. The number of hydrogen-bond acceptors (Lipinski definition) is 4. The lowest BCUT2D eigenvalue weighted by atomic mass is 9.94. The highest BCUT2D eigenvalue weighted by molar-refractivity contribution is 5.12. The molecule has 2 heterocycles. The summed E-state index contributed by atoms with van der Waals surface area (Å²) in [6, 6.07) is 7.12. The Hall–Kier alpha value is -0.970. The molecule has 1 aliphatic carbocycles. The van der Waals surface area contributed by atoms with Crippen LogP contribution >= 0.6 is 0 Å². The number of ether oxygens (including phenoxy) is 1. The summed E-state index contributed by atoms with van der Waals surface area (Å²) in [5.74, 6) is 0. The summed E-state index contributed by atoms with van der Waals surface area (Å²) in [4.78, 5) is 7.26. The van der Waals surface area contributed by atoms with E-state index < -0.39 is 0 Å². The van der Waals surface area contributed by atoms with E-state index in [2.05, 4.69) is 35.3 Å². The maximum absolute atomic E-state index is 5.67. The molecule has 3 rings (SSSR count). The van der Waals surface area contributed by atoms with Crippen molar-refractivity contribution in [2.75, 3.05) is 20.2 Å². The number of methoxy groups -OCH3 is 1. The van der Waals surface area contributed by atoms with Crippen LogP contribution in [0.15, 0.2) is 18.2 Å². The van der Waals surface area contributed by atoms with Crippen LogP contribution in [0.3, 0.4) is 0 Å². The zero-order valence-electron chi connectivity index (χ0n) is 13.3. The molecule has 1 aliphatic heterocycles. The largest absolute Gasteiger partial charge is 0.377 e. The van der Waals surface area contributed by atoms with Crippen LogP contribution in [0.2, 0.25) is 0 Å². The van der Waals surface area contributed by atoms with Crippen LogP contribution in [0.5, 0.6) is 0 Å².